The van der Waals surface area contributed by atoms with Crippen molar-refractivity contribution in [3.8, 4) is 6.19 Å². The summed E-state index contributed by atoms with van der Waals surface area (Å²) in [4.78, 5) is 1.64. The lowest BCUT2D eigenvalue weighted by atomic mass is 10.5. The zero-order valence-electron chi connectivity index (χ0n) is 5.04. The monoisotopic (exact) mass is 144 g/mol. The Morgan fingerprint density at radius 3 is 2.44 bits per heavy atom. The zero-order valence-corrected chi connectivity index (χ0v) is 5.86. The minimum Gasteiger partial charge on any atom is -0.309 e. The van der Waals surface area contributed by atoms with Crippen LogP contribution in [0.3, 0.4) is 0 Å². The van der Waals surface area contributed by atoms with Gasteiger partial charge in [0, 0.05) is 35.4 Å². The average molecular weight is 144 g/mol. The molecule has 0 N–H and O–H groups in total. The highest BCUT2D eigenvalue weighted by Gasteiger charge is 2.12. The van der Waals surface area contributed by atoms with Crippen molar-refractivity contribution in [3.05, 3.63) is 0 Å². The van der Waals surface area contributed by atoms with Crippen molar-refractivity contribution in [2.75, 3.05) is 24.6 Å². The molecule has 0 unspecified atom stereocenters. The molecule has 50 valence electrons. The first-order valence-electron chi connectivity index (χ1n) is 2.82. The van der Waals surface area contributed by atoms with Crippen LogP contribution >= 0.6 is 0 Å². The molecular weight excluding hydrogens is 136 g/mol. The minimum atomic E-state index is -0.655. The second-order valence-electron chi connectivity index (χ2n) is 1.94. The van der Waals surface area contributed by atoms with Crippen molar-refractivity contribution in [2.24, 2.45) is 0 Å². The Morgan fingerprint density at radius 1 is 1.44 bits per heavy atom. The molecule has 9 heavy (non-hydrogen) atoms. The van der Waals surface area contributed by atoms with Crippen LogP contribution in [0.5, 0.6) is 0 Å². The molecule has 1 rings (SSSR count). The van der Waals surface area contributed by atoms with Crippen LogP contribution in [0.2, 0.25) is 0 Å². The van der Waals surface area contributed by atoms with Gasteiger partial charge in [-0.3, -0.25) is 4.21 Å². The van der Waals surface area contributed by atoms with Crippen LogP contribution in [0.25, 0.3) is 0 Å². The number of rotatable bonds is 0. The largest absolute Gasteiger partial charge is 0.309 e. The third kappa shape index (κ3) is 1.68. The van der Waals surface area contributed by atoms with Crippen LogP contribution in [0.4, 0.5) is 0 Å². The molecule has 0 aliphatic carbocycles. The standard InChI is InChI=1S/C5H8N2OS/c6-5-7-1-3-9(8)4-2-7/h1-4H2. The molecule has 0 radical (unpaired) electrons. The van der Waals surface area contributed by atoms with Crippen molar-refractivity contribution in [3.63, 3.8) is 0 Å². The summed E-state index contributed by atoms with van der Waals surface area (Å²) in [5.41, 5.74) is 0. The predicted molar refractivity (Wildman–Crippen MR) is 35.1 cm³/mol. The van der Waals surface area contributed by atoms with Gasteiger partial charge in [-0.15, -0.1) is 0 Å². The van der Waals surface area contributed by atoms with E-state index >= 15 is 0 Å². The predicted octanol–water partition coefficient (Wildman–Crippen LogP) is -0.468. The van der Waals surface area contributed by atoms with Gasteiger partial charge in [0.05, 0.1) is 0 Å². The summed E-state index contributed by atoms with van der Waals surface area (Å²) in [6, 6.07) is 0. The molecule has 0 spiro atoms. The van der Waals surface area contributed by atoms with Crippen LogP contribution in [-0.4, -0.2) is 33.7 Å². The molecule has 0 atom stereocenters. The van der Waals surface area contributed by atoms with E-state index in [2.05, 4.69) is 0 Å². The number of hydrogen-bond acceptors (Lipinski definition) is 3. The van der Waals surface area contributed by atoms with Crippen LogP contribution in [0, 0.1) is 11.5 Å². The van der Waals surface area contributed by atoms with Crippen molar-refractivity contribution in [1.82, 2.24) is 4.90 Å². The Hall–Kier alpha value is -0.560. The fourth-order valence-corrected chi connectivity index (χ4v) is 1.79. The van der Waals surface area contributed by atoms with Gasteiger partial charge >= 0.3 is 0 Å². The summed E-state index contributed by atoms with van der Waals surface area (Å²) in [5, 5.41) is 8.35. The van der Waals surface area contributed by atoms with Gasteiger partial charge in [0.2, 0.25) is 0 Å². The highest BCUT2D eigenvalue weighted by Crippen LogP contribution is 1.96. The molecule has 0 aromatic rings. The normalized spacial score (nSPS) is 21.4. The molecule has 1 aliphatic rings. The van der Waals surface area contributed by atoms with Gasteiger partial charge in [-0.2, -0.15) is 5.26 Å². The Morgan fingerprint density at radius 2 is 2.00 bits per heavy atom. The summed E-state index contributed by atoms with van der Waals surface area (Å²) in [6.45, 7) is 1.34. The Bertz CT molecular complexity index is 153. The van der Waals surface area contributed by atoms with E-state index in [9.17, 15) is 4.21 Å². The summed E-state index contributed by atoms with van der Waals surface area (Å²) >= 11 is 0. The van der Waals surface area contributed by atoms with Gasteiger partial charge < -0.3 is 4.90 Å². The molecular formula is C5H8N2OS. The lowest BCUT2D eigenvalue weighted by molar-refractivity contribution is 0.427. The maximum Gasteiger partial charge on any atom is 0.179 e. The van der Waals surface area contributed by atoms with E-state index in [4.69, 9.17) is 5.26 Å². The molecule has 1 fully saturated rings. The third-order valence-corrected chi connectivity index (χ3v) is 2.60. The van der Waals surface area contributed by atoms with Crippen molar-refractivity contribution < 1.29 is 4.21 Å². The van der Waals surface area contributed by atoms with Crippen LogP contribution in [-0.2, 0) is 10.8 Å². The van der Waals surface area contributed by atoms with Crippen molar-refractivity contribution in [1.29, 1.82) is 5.26 Å². The molecule has 0 bridgehead atoms. The van der Waals surface area contributed by atoms with Gasteiger partial charge in [-0.1, -0.05) is 0 Å². The maximum atomic E-state index is 10.7. The van der Waals surface area contributed by atoms with Gasteiger partial charge in [0.1, 0.15) is 0 Å². The smallest absolute Gasteiger partial charge is 0.179 e. The van der Waals surface area contributed by atoms with Crippen LogP contribution < -0.4 is 0 Å². The topological polar surface area (TPSA) is 44.1 Å². The first-order valence-corrected chi connectivity index (χ1v) is 4.31. The molecule has 1 aliphatic heterocycles. The Labute approximate surface area is 56.7 Å². The zero-order chi connectivity index (χ0) is 6.69. The summed E-state index contributed by atoms with van der Waals surface area (Å²) in [6.07, 6.45) is 2.02. The second kappa shape index (κ2) is 2.83. The highest BCUT2D eigenvalue weighted by atomic mass is 32.2. The quantitative estimate of drug-likeness (QED) is 0.432. The van der Waals surface area contributed by atoms with E-state index < -0.39 is 10.8 Å². The average Bonchev–Trinajstić information content (AvgIpc) is 1.90. The van der Waals surface area contributed by atoms with E-state index in [0.717, 1.165) is 0 Å². The van der Waals surface area contributed by atoms with Gasteiger partial charge in [-0.25, -0.2) is 0 Å². The first kappa shape index (κ1) is 6.56. The van der Waals surface area contributed by atoms with Gasteiger partial charge in [0.15, 0.2) is 6.19 Å². The maximum absolute atomic E-state index is 10.7. The van der Waals surface area contributed by atoms with Crippen molar-refractivity contribution >= 4 is 10.8 Å². The third-order valence-electron chi connectivity index (χ3n) is 1.32. The molecule has 4 heteroatoms. The molecule has 0 amide bonds. The van der Waals surface area contributed by atoms with E-state index in [1.807, 2.05) is 6.19 Å². The summed E-state index contributed by atoms with van der Waals surface area (Å²) in [7, 11) is -0.655. The molecule has 3 nitrogen and oxygen atoms in total. The second-order valence-corrected chi connectivity index (χ2v) is 3.63. The molecule has 0 aromatic heterocycles. The lowest BCUT2D eigenvalue weighted by Gasteiger charge is -2.19. The molecule has 1 saturated heterocycles. The Balaban J connectivity index is 2.37. The van der Waals surface area contributed by atoms with E-state index in [0.29, 0.717) is 24.6 Å². The van der Waals surface area contributed by atoms with Gasteiger partial charge in [-0.05, 0) is 0 Å². The highest BCUT2D eigenvalue weighted by molar-refractivity contribution is 7.85. The van der Waals surface area contributed by atoms with Gasteiger partial charge in [0.25, 0.3) is 0 Å². The number of hydrogen-bond donors (Lipinski definition) is 0. The summed E-state index contributed by atoms with van der Waals surface area (Å²) < 4.78 is 10.7. The Kier molecular flexibility index (Phi) is 2.06. The summed E-state index contributed by atoms with van der Waals surface area (Å²) in [5.74, 6) is 1.32. The molecule has 1 heterocycles. The fraction of sp³-hybridized carbons (Fsp3) is 0.800. The van der Waals surface area contributed by atoms with E-state index in [-0.39, 0.29) is 0 Å². The van der Waals surface area contributed by atoms with Crippen molar-refractivity contribution in [2.45, 2.75) is 0 Å². The van der Waals surface area contributed by atoms with E-state index in [1.165, 1.54) is 0 Å². The number of nitrogens with zero attached hydrogens (tertiary/aromatic N) is 2. The fourth-order valence-electron chi connectivity index (χ4n) is 0.738. The minimum absolute atomic E-state index is 0.655. The lowest BCUT2D eigenvalue weighted by Crippen LogP contribution is -2.34. The SMILES string of the molecule is N#CN1CCS(=O)CC1. The molecule has 0 aromatic carbocycles. The number of nitriles is 1. The van der Waals surface area contributed by atoms with Crippen LogP contribution in [0.1, 0.15) is 0 Å². The molecule has 0 saturated carbocycles. The first-order chi connectivity index (χ1) is 4.33. The van der Waals surface area contributed by atoms with Crippen LogP contribution in [0.15, 0.2) is 0 Å². The van der Waals surface area contributed by atoms with E-state index in [1.54, 1.807) is 4.90 Å².